The summed E-state index contributed by atoms with van der Waals surface area (Å²) in [6, 6.07) is 12.4. The first kappa shape index (κ1) is 15.8. The van der Waals surface area contributed by atoms with Gasteiger partial charge in [0.05, 0.1) is 21.9 Å². The van der Waals surface area contributed by atoms with Crippen LogP contribution in [0.2, 0.25) is 0 Å². The molecule has 2 heterocycles. The Morgan fingerprint density at radius 1 is 1.23 bits per heavy atom. The van der Waals surface area contributed by atoms with E-state index in [4.69, 9.17) is 4.52 Å². The van der Waals surface area contributed by atoms with Crippen LogP contribution in [0, 0.1) is 17.0 Å². The van der Waals surface area contributed by atoms with Crippen LogP contribution in [0.3, 0.4) is 0 Å². The van der Waals surface area contributed by atoms with Crippen LogP contribution < -0.4 is 5.63 Å². The Balaban J connectivity index is 1.85. The van der Waals surface area contributed by atoms with Crippen LogP contribution in [-0.2, 0) is 0 Å². The number of aromatic amines is 1. The number of nitro benzene ring substituents is 1. The minimum absolute atomic E-state index is 0.0177. The van der Waals surface area contributed by atoms with Crippen LogP contribution >= 0.6 is 0 Å². The van der Waals surface area contributed by atoms with Crippen molar-refractivity contribution < 1.29 is 9.45 Å². The zero-order chi connectivity index (χ0) is 18.3. The molecule has 3 aromatic rings. The van der Waals surface area contributed by atoms with Crippen LogP contribution in [0.5, 0.6) is 0 Å². The average Bonchev–Trinajstić information content (AvgIpc) is 3.20. The standard InChI is InChI=1S/C19H13N3O4/c1-11-6-7-12(9-17(11)22(24)25)18-15(19(23)26-21-18)8-13-10-20-16-5-3-2-4-14(13)16/h2-10,21H,1H3/b13-8-. The predicted molar refractivity (Wildman–Crippen MR) is 98.6 cm³/mol. The number of aromatic nitrogens is 1. The number of rotatable bonds is 3. The van der Waals surface area contributed by atoms with Gasteiger partial charge in [-0.15, -0.1) is 0 Å². The van der Waals surface area contributed by atoms with E-state index in [2.05, 4.69) is 10.1 Å². The molecule has 0 bridgehead atoms. The van der Waals surface area contributed by atoms with E-state index < -0.39 is 10.5 Å². The highest BCUT2D eigenvalue weighted by Gasteiger charge is 2.19. The van der Waals surface area contributed by atoms with E-state index in [1.165, 1.54) is 6.07 Å². The van der Waals surface area contributed by atoms with Gasteiger partial charge < -0.3 is 4.52 Å². The lowest BCUT2D eigenvalue weighted by Crippen LogP contribution is -1.98. The fraction of sp³-hybridized carbons (Fsp3) is 0.0526. The van der Waals surface area contributed by atoms with Crippen molar-refractivity contribution in [3.8, 4) is 11.3 Å². The zero-order valence-corrected chi connectivity index (χ0v) is 13.7. The molecule has 2 aromatic carbocycles. The summed E-state index contributed by atoms with van der Waals surface area (Å²) < 4.78 is 4.94. The number of H-pyrrole nitrogens is 1. The molecular formula is C19H13N3O4. The molecule has 1 aliphatic heterocycles. The molecule has 0 radical (unpaired) electrons. The first-order valence-corrected chi connectivity index (χ1v) is 7.86. The topological polar surface area (TPSA) is 102 Å². The van der Waals surface area contributed by atoms with Gasteiger partial charge in [0.25, 0.3) is 5.69 Å². The van der Waals surface area contributed by atoms with Gasteiger partial charge in [0.1, 0.15) is 0 Å². The van der Waals surface area contributed by atoms with Gasteiger partial charge in [-0.1, -0.05) is 30.3 Å². The molecule has 0 amide bonds. The lowest BCUT2D eigenvalue weighted by atomic mass is 10.0. The quantitative estimate of drug-likeness (QED) is 0.569. The smallest absolute Gasteiger partial charge is 0.338 e. The molecule has 7 heteroatoms. The predicted octanol–water partition coefficient (Wildman–Crippen LogP) is 4.11. The number of aliphatic imine (C=N–C) groups is 1. The number of nitrogens with zero attached hydrogens (tertiary/aromatic N) is 2. The average molecular weight is 347 g/mol. The normalized spacial score (nSPS) is 14.0. The number of para-hydroxylation sites is 1. The summed E-state index contributed by atoms with van der Waals surface area (Å²) in [7, 11) is 0. The van der Waals surface area contributed by atoms with Gasteiger partial charge in [0, 0.05) is 34.5 Å². The summed E-state index contributed by atoms with van der Waals surface area (Å²) in [5.74, 6) is 0. The van der Waals surface area contributed by atoms with Gasteiger partial charge in [-0.25, -0.2) is 9.95 Å². The van der Waals surface area contributed by atoms with E-state index in [0.29, 0.717) is 22.4 Å². The van der Waals surface area contributed by atoms with E-state index in [-0.39, 0.29) is 5.69 Å². The van der Waals surface area contributed by atoms with Gasteiger partial charge in [-0.05, 0) is 19.1 Å². The van der Waals surface area contributed by atoms with Crippen LogP contribution in [0.4, 0.5) is 11.4 Å². The van der Waals surface area contributed by atoms with Crippen molar-refractivity contribution >= 4 is 29.2 Å². The van der Waals surface area contributed by atoms with E-state index in [1.807, 2.05) is 24.3 Å². The molecule has 1 aromatic heterocycles. The molecule has 26 heavy (non-hydrogen) atoms. The second-order valence-electron chi connectivity index (χ2n) is 5.91. The van der Waals surface area contributed by atoms with Crippen LogP contribution in [-0.4, -0.2) is 16.3 Å². The number of aryl methyl sites for hydroxylation is 1. The molecule has 0 unspecified atom stereocenters. The Hall–Kier alpha value is -3.74. The number of hydrogen-bond donors (Lipinski definition) is 1. The summed E-state index contributed by atoms with van der Waals surface area (Å²) in [6.45, 7) is 1.66. The Labute approximate surface area is 147 Å². The second kappa shape index (κ2) is 5.96. The van der Waals surface area contributed by atoms with Crippen LogP contribution in [0.1, 0.15) is 16.7 Å². The van der Waals surface area contributed by atoms with Crippen molar-refractivity contribution in [1.82, 2.24) is 5.16 Å². The van der Waals surface area contributed by atoms with Crippen LogP contribution in [0.15, 0.2) is 56.8 Å². The SMILES string of the molecule is Cc1ccc(-c2[nH]oc(=O)c2/C=C2/C=Nc3ccccc32)cc1[N+](=O)[O-]. The molecule has 0 fully saturated rings. The minimum atomic E-state index is -0.548. The van der Waals surface area contributed by atoms with Gasteiger partial charge in [-0.2, -0.15) is 0 Å². The fourth-order valence-electron chi connectivity index (χ4n) is 2.93. The fourth-order valence-corrected chi connectivity index (χ4v) is 2.93. The van der Waals surface area contributed by atoms with Crippen molar-refractivity contribution in [3.63, 3.8) is 0 Å². The highest BCUT2D eigenvalue weighted by molar-refractivity contribution is 6.21. The maximum absolute atomic E-state index is 12.2. The van der Waals surface area contributed by atoms with Gasteiger partial charge >= 0.3 is 5.63 Å². The number of allylic oxidation sites excluding steroid dienone is 1. The van der Waals surface area contributed by atoms with E-state index in [0.717, 1.165) is 16.8 Å². The number of hydrogen-bond acceptors (Lipinski definition) is 5. The third-order valence-electron chi connectivity index (χ3n) is 4.29. The van der Waals surface area contributed by atoms with Crippen molar-refractivity contribution in [2.24, 2.45) is 4.99 Å². The highest BCUT2D eigenvalue weighted by atomic mass is 16.6. The van der Waals surface area contributed by atoms with Crippen molar-refractivity contribution in [3.05, 3.63) is 79.7 Å². The highest BCUT2D eigenvalue weighted by Crippen LogP contribution is 2.33. The molecular weight excluding hydrogens is 334 g/mol. The van der Waals surface area contributed by atoms with Crippen LogP contribution in [0.25, 0.3) is 22.9 Å². The van der Waals surface area contributed by atoms with Gasteiger partial charge in [0.2, 0.25) is 0 Å². The maximum atomic E-state index is 12.2. The molecule has 0 saturated heterocycles. The number of benzene rings is 2. The first-order chi connectivity index (χ1) is 12.5. The summed E-state index contributed by atoms with van der Waals surface area (Å²) in [6.07, 6.45) is 3.36. The number of fused-ring (bicyclic) bond motifs is 1. The molecule has 4 rings (SSSR count). The Kier molecular flexibility index (Phi) is 3.62. The Morgan fingerprint density at radius 3 is 2.85 bits per heavy atom. The third-order valence-corrected chi connectivity index (χ3v) is 4.29. The third kappa shape index (κ3) is 2.55. The maximum Gasteiger partial charge on any atom is 0.365 e. The largest absolute Gasteiger partial charge is 0.365 e. The Bertz CT molecular complexity index is 1150. The van der Waals surface area contributed by atoms with Crippen molar-refractivity contribution in [1.29, 1.82) is 0 Å². The number of nitrogens with one attached hydrogen (secondary N) is 1. The molecule has 0 aliphatic carbocycles. The lowest BCUT2D eigenvalue weighted by Gasteiger charge is -2.02. The summed E-state index contributed by atoms with van der Waals surface area (Å²) in [5, 5.41) is 13.8. The van der Waals surface area contributed by atoms with Crippen molar-refractivity contribution in [2.75, 3.05) is 0 Å². The molecule has 1 N–H and O–H groups in total. The second-order valence-corrected chi connectivity index (χ2v) is 5.91. The van der Waals surface area contributed by atoms with E-state index >= 15 is 0 Å². The van der Waals surface area contributed by atoms with E-state index in [9.17, 15) is 14.9 Å². The molecule has 1 aliphatic rings. The summed E-state index contributed by atoms with van der Waals surface area (Å²) in [4.78, 5) is 27.2. The summed E-state index contributed by atoms with van der Waals surface area (Å²) >= 11 is 0. The Morgan fingerprint density at radius 2 is 2.04 bits per heavy atom. The summed E-state index contributed by atoms with van der Waals surface area (Å²) in [5.41, 5.74) is 3.68. The van der Waals surface area contributed by atoms with Crippen molar-refractivity contribution in [2.45, 2.75) is 6.92 Å². The molecule has 128 valence electrons. The monoisotopic (exact) mass is 347 g/mol. The minimum Gasteiger partial charge on any atom is -0.338 e. The molecule has 0 saturated carbocycles. The zero-order valence-electron chi connectivity index (χ0n) is 13.7. The van der Waals surface area contributed by atoms with Gasteiger partial charge in [0.15, 0.2) is 0 Å². The van der Waals surface area contributed by atoms with Gasteiger partial charge in [-0.3, -0.25) is 15.1 Å². The molecule has 0 atom stereocenters. The first-order valence-electron chi connectivity index (χ1n) is 7.86. The molecule has 7 nitrogen and oxygen atoms in total. The molecule has 0 spiro atoms. The lowest BCUT2D eigenvalue weighted by molar-refractivity contribution is -0.385. The van der Waals surface area contributed by atoms with E-state index in [1.54, 1.807) is 31.3 Å². The number of nitro groups is 1.